The van der Waals surface area contributed by atoms with Crippen molar-refractivity contribution < 1.29 is 4.76 Å². The second-order valence-corrected chi connectivity index (χ2v) is 2.10. The van der Waals surface area contributed by atoms with Gasteiger partial charge in [-0.25, -0.2) is 0 Å². The van der Waals surface area contributed by atoms with Crippen LogP contribution in [-0.4, -0.2) is 16.4 Å². The lowest BCUT2D eigenvalue weighted by Gasteiger charge is -1.63. The van der Waals surface area contributed by atoms with Crippen molar-refractivity contribution in [1.82, 2.24) is 0 Å². The molecule has 0 aromatic rings. The minimum Gasteiger partial charge on any atom is -0.0805 e. The zero-order valence-electron chi connectivity index (χ0n) is 3.26. The number of rotatable bonds is 0. The molecule has 0 amide bonds. The molecule has 1 radical (unpaired) electrons. The van der Waals surface area contributed by atoms with Crippen LogP contribution in [0.4, 0.5) is 0 Å². The molecule has 0 aromatic carbocycles. The molecule has 1 heterocycles. The summed E-state index contributed by atoms with van der Waals surface area (Å²) in [6.07, 6.45) is 0. The first-order valence-corrected chi connectivity index (χ1v) is 2.90. The molecule has 0 saturated carbocycles. The molecule has 0 N–H and O–H groups in total. The molecule has 6 heavy (non-hydrogen) atoms. The topological polar surface area (TPSA) is 20.1 Å². The molecular weight excluding hydrogens is 98.1 g/mol. The van der Waals surface area contributed by atoms with E-state index in [1.165, 1.54) is 0 Å². The van der Waals surface area contributed by atoms with Crippen molar-refractivity contribution in [3.63, 3.8) is 0 Å². The van der Waals surface area contributed by atoms with E-state index in [0.717, 1.165) is 10.5 Å². The van der Waals surface area contributed by atoms with Crippen LogP contribution in [0.15, 0.2) is 0 Å². The Labute approximate surface area is 40.5 Å². The maximum Gasteiger partial charge on any atom is 0.276 e. The zero-order valence-corrected chi connectivity index (χ0v) is 4.07. The summed E-state index contributed by atoms with van der Waals surface area (Å²) in [5.41, 5.74) is 0. The second kappa shape index (κ2) is 1.60. The molecule has 1 aliphatic heterocycles. The standard InChI is InChI=1S/C3H5NOS/c5-4-1-2-6-3-4/h1H,2-3H2/q+1. The summed E-state index contributed by atoms with van der Waals surface area (Å²) in [5, 5.41) is 0. The maximum absolute atomic E-state index is 10.1. The van der Waals surface area contributed by atoms with E-state index >= 15 is 0 Å². The smallest absolute Gasteiger partial charge is 0.0805 e. The van der Waals surface area contributed by atoms with E-state index in [9.17, 15) is 4.91 Å². The fraction of sp³-hybridized carbons (Fsp3) is 0.667. The highest BCUT2D eigenvalue weighted by Gasteiger charge is 2.17. The molecule has 0 aromatic heterocycles. The van der Waals surface area contributed by atoms with Gasteiger partial charge in [0.1, 0.15) is 0 Å². The van der Waals surface area contributed by atoms with Crippen molar-refractivity contribution in [1.29, 1.82) is 0 Å². The normalized spacial score (nSPS) is 22.3. The highest BCUT2D eigenvalue weighted by atomic mass is 32.2. The maximum atomic E-state index is 10.1. The summed E-state index contributed by atoms with van der Waals surface area (Å²) in [4.78, 5) is 10.1. The average molecular weight is 103 g/mol. The van der Waals surface area contributed by atoms with Gasteiger partial charge in [-0.3, -0.25) is 0 Å². The minimum atomic E-state index is 0.625. The average Bonchev–Trinajstić information content (AvgIpc) is 1.86. The third-order valence-electron chi connectivity index (χ3n) is 0.615. The number of nitroso groups, excluding NO2 is 1. The monoisotopic (exact) mass is 103 g/mol. The van der Waals surface area contributed by atoms with Gasteiger partial charge < -0.3 is 0 Å². The van der Waals surface area contributed by atoms with Gasteiger partial charge in [-0.05, 0) is 0 Å². The Morgan fingerprint density at radius 2 is 2.67 bits per heavy atom. The minimum absolute atomic E-state index is 0.625. The van der Waals surface area contributed by atoms with Crippen molar-refractivity contribution in [3.05, 3.63) is 11.5 Å². The Kier molecular flexibility index (Phi) is 1.10. The Morgan fingerprint density at radius 3 is 2.83 bits per heavy atom. The Balaban J connectivity index is 2.37. The predicted octanol–water partition coefficient (Wildman–Crippen LogP) is 0.631. The number of hydrogen-bond acceptors (Lipinski definition) is 2. The lowest BCUT2D eigenvalue weighted by Crippen LogP contribution is -1.91. The molecule has 0 bridgehead atoms. The molecular formula is C3H5NOS+. The number of hydrogen-bond donors (Lipinski definition) is 0. The highest BCUT2D eigenvalue weighted by Crippen LogP contribution is 2.09. The van der Waals surface area contributed by atoms with Crippen molar-refractivity contribution in [2.75, 3.05) is 11.6 Å². The fourth-order valence-electron chi connectivity index (χ4n) is 0.331. The zero-order chi connectivity index (χ0) is 4.41. The Hall–Kier alpha value is -0.0500. The highest BCUT2D eigenvalue weighted by molar-refractivity contribution is 7.99. The summed E-state index contributed by atoms with van der Waals surface area (Å²) in [7, 11) is 0. The van der Waals surface area contributed by atoms with Gasteiger partial charge in [-0.15, -0.1) is 0 Å². The van der Waals surface area contributed by atoms with Crippen LogP contribution < -0.4 is 0 Å². The largest absolute Gasteiger partial charge is 0.276 e. The first-order valence-electron chi connectivity index (χ1n) is 1.74. The van der Waals surface area contributed by atoms with Crippen LogP contribution in [0.5, 0.6) is 0 Å². The van der Waals surface area contributed by atoms with E-state index in [1.807, 2.05) is 0 Å². The lowest BCUT2D eigenvalue weighted by atomic mass is 10.8. The third kappa shape index (κ3) is 0.712. The fourth-order valence-corrected chi connectivity index (χ4v) is 0.994. The molecule has 33 valence electrons. The molecule has 1 rings (SSSR count). The lowest BCUT2D eigenvalue weighted by molar-refractivity contribution is -0.478. The van der Waals surface area contributed by atoms with Gasteiger partial charge in [0, 0.05) is 9.67 Å². The van der Waals surface area contributed by atoms with Crippen LogP contribution in [0.25, 0.3) is 0 Å². The molecule has 0 aliphatic carbocycles. The molecule has 1 fully saturated rings. The Morgan fingerprint density at radius 1 is 1.83 bits per heavy atom. The number of thioether (sulfide) groups is 1. The van der Waals surface area contributed by atoms with E-state index in [0.29, 0.717) is 5.88 Å². The van der Waals surface area contributed by atoms with Crippen LogP contribution in [0.3, 0.4) is 0 Å². The van der Waals surface area contributed by atoms with E-state index in [4.69, 9.17) is 0 Å². The van der Waals surface area contributed by atoms with Crippen LogP contribution in [0, 0.1) is 11.5 Å². The first-order chi connectivity index (χ1) is 2.89. The van der Waals surface area contributed by atoms with Gasteiger partial charge in [0.25, 0.3) is 6.54 Å². The summed E-state index contributed by atoms with van der Waals surface area (Å²) in [5.74, 6) is 1.52. The molecule has 2 nitrogen and oxygen atoms in total. The summed E-state index contributed by atoms with van der Waals surface area (Å²) in [6.45, 7) is 1.64. The van der Waals surface area contributed by atoms with E-state index in [1.54, 1.807) is 18.3 Å². The first kappa shape index (κ1) is 4.12. The van der Waals surface area contributed by atoms with Crippen molar-refractivity contribution in [3.8, 4) is 0 Å². The van der Waals surface area contributed by atoms with Crippen LogP contribution in [0.1, 0.15) is 0 Å². The van der Waals surface area contributed by atoms with Crippen molar-refractivity contribution in [2.24, 2.45) is 0 Å². The van der Waals surface area contributed by atoms with E-state index in [2.05, 4.69) is 0 Å². The molecule has 1 saturated heterocycles. The molecule has 3 heteroatoms. The van der Waals surface area contributed by atoms with Gasteiger partial charge >= 0.3 is 0 Å². The predicted molar refractivity (Wildman–Crippen MR) is 25.3 cm³/mol. The number of nitrogens with zero attached hydrogens (tertiary/aromatic N) is 1. The summed E-state index contributed by atoms with van der Waals surface area (Å²) in [6, 6.07) is 0. The van der Waals surface area contributed by atoms with Gasteiger partial charge in [0.15, 0.2) is 0 Å². The Bertz CT molecular complexity index is 65.2. The van der Waals surface area contributed by atoms with Gasteiger partial charge in [0.05, 0.1) is 5.75 Å². The third-order valence-corrected chi connectivity index (χ3v) is 1.44. The molecule has 0 atom stereocenters. The van der Waals surface area contributed by atoms with E-state index in [-0.39, 0.29) is 0 Å². The summed E-state index contributed by atoms with van der Waals surface area (Å²) < 4.78 is 0.949. The van der Waals surface area contributed by atoms with Gasteiger partial charge in [0.2, 0.25) is 5.88 Å². The van der Waals surface area contributed by atoms with E-state index < -0.39 is 0 Å². The van der Waals surface area contributed by atoms with Crippen LogP contribution in [-0.2, 0) is 0 Å². The molecule has 1 aliphatic rings. The van der Waals surface area contributed by atoms with Gasteiger partial charge in [-0.1, -0.05) is 11.8 Å². The molecule has 0 spiro atoms. The van der Waals surface area contributed by atoms with Crippen LogP contribution in [0.2, 0.25) is 0 Å². The van der Waals surface area contributed by atoms with Crippen molar-refractivity contribution in [2.45, 2.75) is 0 Å². The SMILES string of the molecule is O=[N+]1[CH]CSC1. The quantitative estimate of drug-likeness (QED) is 0.419. The van der Waals surface area contributed by atoms with Crippen LogP contribution >= 0.6 is 11.8 Å². The summed E-state index contributed by atoms with van der Waals surface area (Å²) >= 11 is 1.64. The second-order valence-electron chi connectivity index (χ2n) is 1.10. The van der Waals surface area contributed by atoms with Crippen molar-refractivity contribution >= 4 is 11.8 Å². The molecule has 0 unspecified atom stereocenters. The van der Waals surface area contributed by atoms with Gasteiger partial charge in [-0.2, -0.15) is 0 Å².